The van der Waals surface area contributed by atoms with E-state index in [-0.39, 0.29) is 13.2 Å². The number of fused-ring (bicyclic) bond motifs is 5. The van der Waals surface area contributed by atoms with Gasteiger partial charge in [-0.05, 0) is 32.8 Å². The quantitative estimate of drug-likeness (QED) is 0.477. The van der Waals surface area contributed by atoms with Gasteiger partial charge in [-0.3, -0.25) is 9.59 Å². The summed E-state index contributed by atoms with van der Waals surface area (Å²) >= 11 is 1.56. The maximum atomic E-state index is 13.2. The van der Waals surface area contributed by atoms with E-state index in [1.165, 1.54) is 0 Å². The maximum Gasteiger partial charge on any atom is 0.278 e. The van der Waals surface area contributed by atoms with Crippen molar-refractivity contribution < 1.29 is 34.0 Å². The Morgan fingerprint density at radius 2 is 1.84 bits per heavy atom. The molecule has 2 bridgehead atoms. The number of amides is 2. The van der Waals surface area contributed by atoms with Gasteiger partial charge in [-0.1, -0.05) is 30.3 Å². The van der Waals surface area contributed by atoms with Crippen LogP contribution in [-0.4, -0.2) is 69.9 Å². The molecular formula is C22H30N2O7S. The second-order valence-electron chi connectivity index (χ2n) is 9.25. The molecule has 1 aromatic rings. The first-order valence-corrected chi connectivity index (χ1v) is 11.8. The third-order valence-electron chi connectivity index (χ3n) is 6.25. The van der Waals surface area contributed by atoms with Crippen LogP contribution in [0, 0.1) is 5.92 Å². The lowest BCUT2D eigenvalue weighted by Crippen LogP contribution is -2.83. The van der Waals surface area contributed by atoms with Crippen LogP contribution in [0.2, 0.25) is 0 Å². The number of nitrogens with one attached hydrogen (secondary N) is 2. The molecule has 4 N–H and O–H groups in total. The topological polar surface area (TPSA) is 126 Å². The molecule has 0 saturated carbocycles. The van der Waals surface area contributed by atoms with Crippen LogP contribution in [0.25, 0.3) is 0 Å². The van der Waals surface area contributed by atoms with Gasteiger partial charge >= 0.3 is 0 Å². The molecule has 2 amide bonds. The Balaban J connectivity index is 1.51. The highest BCUT2D eigenvalue weighted by Gasteiger charge is 2.66. The van der Waals surface area contributed by atoms with E-state index >= 15 is 0 Å². The van der Waals surface area contributed by atoms with Crippen molar-refractivity contribution >= 4 is 23.6 Å². The first kappa shape index (κ1) is 23.5. The molecule has 0 radical (unpaired) electrons. The van der Waals surface area contributed by atoms with Crippen LogP contribution in [-0.2, 0) is 29.6 Å². The lowest BCUT2D eigenvalue weighted by atomic mass is 9.83. The Labute approximate surface area is 191 Å². The average molecular weight is 467 g/mol. The van der Waals surface area contributed by atoms with E-state index in [4.69, 9.17) is 14.2 Å². The number of carbonyl (C=O) groups excluding carboxylic acids is 2. The summed E-state index contributed by atoms with van der Waals surface area (Å²) in [7, 11) is 0. The van der Waals surface area contributed by atoms with Gasteiger partial charge in [0, 0.05) is 17.4 Å². The van der Waals surface area contributed by atoms with Crippen LogP contribution in [0.5, 0.6) is 0 Å². The fourth-order valence-electron chi connectivity index (χ4n) is 4.47. The zero-order valence-corrected chi connectivity index (χ0v) is 19.2. The van der Waals surface area contributed by atoms with E-state index in [2.05, 4.69) is 10.6 Å². The summed E-state index contributed by atoms with van der Waals surface area (Å²) in [6.07, 6.45) is -1.26. The minimum Gasteiger partial charge on any atom is -0.384 e. The van der Waals surface area contributed by atoms with Crippen molar-refractivity contribution in [3.05, 3.63) is 35.9 Å². The van der Waals surface area contributed by atoms with Crippen LogP contribution in [0.15, 0.2) is 30.3 Å². The van der Waals surface area contributed by atoms with Crippen LogP contribution in [0.4, 0.5) is 0 Å². The summed E-state index contributed by atoms with van der Waals surface area (Å²) in [6, 6.07) is 9.85. The van der Waals surface area contributed by atoms with E-state index in [1.807, 2.05) is 30.3 Å². The molecule has 4 heterocycles. The predicted molar refractivity (Wildman–Crippen MR) is 116 cm³/mol. The van der Waals surface area contributed by atoms with Gasteiger partial charge in [-0.15, -0.1) is 0 Å². The fourth-order valence-corrected chi connectivity index (χ4v) is 5.71. The van der Waals surface area contributed by atoms with Gasteiger partial charge in [-0.25, -0.2) is 0 Å². The molecule has 5 atom stereocenters. The van der Waals surface area contributed by atoms with E-state index in [0.717, 1.165) is 5.56 Å². The highest BCUT2D eigenvalue weighted by molar-refractivity contribution is 7.98. The second kappa shape index (κ2) is 8.27. The van der Waals surface area contributed by atoms with Crippen LogP contribution in [0.3, 0.4) is 0 Å². The van der Waals surface area contributed by atoms with E-state index < -0.39 is 46.7 Å². The number of aliphatic hydroxyl groups is 2. The van der Waals surface area contributed by atoms with Crippen molar-refractivity contribution in [2.24, 2.45) is 5.92 Å². The van der Waals surface area contributed by atoms with Crippen LogP contribution < -0.4 is 10.6 Å². The number of hydrogen-bond acceptors (Lipinski definition) is 8. The number of carbonyl (C=O) groups is 2. The lowest BCUT2D eigenvalue weighted by Gasteiger charge is -2.51. The third kappa shape index (κ3) is 4.04. The highest BCUT2D eigenvalue weighted by atomic mass is 32.2. The zero-order valence-electron chi connectivity index (χ0n) is 18.4. The van der Waals surface area contributed by atoms with Gasteiger partial charge in [-0.2, -0.15) is 11.8 Å². The largest absolute Gasteiger partial charge is 0.384 e. The van der Waals surface area contributed by atoms with Gasteiger partial charge < -0.3 is 35.1 Å². The number of piperazine rings is 1. The van der Waals surface area contributed by atoms with Crippen molar-refractivity contribution in [2.75, 3.05) is 19.0 Å². The molecule has 4 saturated heterocycles. The molecular weight excluding hydrogens is 436 g/mol. The molecule has 5 rings (SSSR count). The van der Waals surface area contributed by atoms with Gasteiger partial charge in [0.05, 0.1) is 13.2 Å². The molecule has 0 aromatic heterocycles. The number of aliphatic hydroxyl groups excluding tert-OH is 1. The fraction of sp³-hybridized carbons (Fsp3) is 0.636. The van der Waals surface area contributed by atoms with Crippen LogP contribution in [0.1, 0.15) is 32.8 Å². The Bertz CT molecular complexity index is 884. The minimum absolute atomic E-state index is 0.00154. The van der Waals surface area contributed by atoms with Gasteiger partial charge in [0.1, 0.15) is 11.7 Å². The minimum atomic E-state index is -2.10. The standard InChI is InChI=1S/C22H30N2O7S/c1-19(2)30-13-20(3,31-19)16(25)22-18(27)23-21(28,17(26)24-22)15(9-10-29-22)12-32-11-14-7-5-4-6-8-14/h4-8,15-16,25,28H,9-13H2,1-3H3,(H,23,27)(H,24,26)/t15?,16-,20-,21+,22-/m0/s1. The number of hydrogen-bond donors (Lipinski definition) is 4. The van der Waals surface area contributed by atoms with Crippen molar-refractivity contribution in [3.63, 3.8) is 0 Å². The smallest absolute Gasteiger partial charge is 0.278 e. The number of rotatable bonds is 6. The van der Waals surface area contributed by atoms with E-state index in [1.54, 1.807) is 32.5 Å². The Morgan fingerprint density at radius 3 is 2.50 bits per heavy atom. The summed E-state index contributed by atoms with van der Waals surface area (Å²) in [5.41, 5.74) is -4.38. The molecule has 0 aliphatic carbocycles. The van der Waals surface area contributed by atoms with Crippen molar-refractivity contribution in [1.29, 1.82) is 0 Å². The molecule has 10 heteroatoms. The molecule has 0 spiro atoms. The normalized spacial score (nSPS) is 37.3. The van der Waals surface area contributed by atoms with Crippen molar-refractivity contribution in [3.8, 4) is 0 Å². The van der Waals surface area contributed by atoms with Crippen LogP contribution >= 0.6 is 11.8 Å². The first-order chi connectivity index (χ1) is 15.0. The van der Waals surface area contributed by atoms with Gasteiger partial charge in [0.15, 0.2) is 5.79 Å². The zero-order chi connectivity index (χ0) is 23.2. The molecule has 32 heavy (non-hydrogen) atoms. The first-order valence-electron chi connectivity index (χ1n) is 10.7. The van der Waals surface area contributed by atoms with Gasteiger partial charge in [0.25, 0.3) is 17.5 Å². The second-order valence-corrected chi connectivity index (χ2v) is 10.3. The SMILES string of the molecule is CC1(C)OC[C@@](C)([C@H](O)[C@@]23NC(=O)[C@@](O)(NC2=O)C(CSCc2ccccc2)CCO3)O1. The maximum absolute atomic E-state index is 13.2. The summed E-state index contributed by atoms with van der Waals surface area (Å²) in [6.45, 7) is 5.03. The van der Waals surface area contributed by atoms with Crippen molar-refractivity contribution in [1.82, 2.24) is 10.6 Å². The third-order valence-corrected chi connectivity index (χ3v) is 7.43. The predicted octanol–water partition coefficient (Wildman–Crippen LogP) is 0.490. The summed E-state index contributed by atoms with van der Waals surface area (Å²) < 4.78 is 17.3. The summed E-state index contributed by atoms with van der Waals surface area (Å²) in [4.78, 5) is 26.2. The number of benzene rings is 1. The van der Waals surface area contributed by atoms with Crippen molar-refractivity contribution in [2.45, 2.75) is 61.9 Å². The van der Waals surface area contributed by atoms with E-state index in [0.29, 0.717) is 17.9 Å². The summed E-state index contributed by atoms with van der Waals surface area (Å²) in [5, 5.41) is 27.3. The Morgan fingerprint density at radius 1 is 1.12 bits per heavy atom. The lowest BCUT2D eigenvalue weighted by molar-refractivity contribution is -0.247. The molecule has 4 aliphatic rings. The molecule has 9 nitrogen and oxygen atoms in total. The average Bonchev–Trinajstić information content (AvgIpc) is 3.03. The molecule has 1 aromatic carbocycles. The Kier molecular flexibility index (Phi) is 6.06. The molecule has 4 fully saturated rings. The summed E-state index contributed by atoms with van der Waals surface area (Å²) in [5.74, 6) is -2.04. The molecule has 176 valence electrons. The Hall–Kier alpha value is -1.69. The number of thioether (sulfide) groups is 1. The number of ether oxygens (including phenoxy) is 3. The van der Waals surface area contributed by atoms with E-state index in [9.17, 15) is 19.8 Å². The highest BCUT2D eigenvalue weighted by Crippen LogP contribution is 2.40. The molecule has 1 unspecified atom stereocenters. The molecule has 4 aliphatic heterocycles. The van der Waals surface area contributed by atoms with Gasteiger partial charge in [0.2, 0.25) is 5.72 Å². The monoisotopic (exact) mass is 466 g/mol.